The minimum Gasteiger partial charge on any atom is -0.305 e. The van der Waals surface area contributed by atoms with Gasteiger partial charge >= 0.3 is 0 Å². The number of para-hydroxylation sites is 2. The van der Waals surface area contributed by atoms with E-state index in [-0.39, 0.29) is 11.6 Å². The highest BCUT2D eigenvalue weighted by molar-refractivity contribution is 9.10. The number of anilines is 1. The minimum absolute atomic E-state index is 0.260. The van der Waals surface area contributed by atoms with E-state index in [1.54, 1.807) is 10.7 Å². The van der Waals surface area contributed by atoms with E-state index in [1.807, 2.05) is 61.5 Å². The highest BCUT2D eigenvalue weighted by Gasteiger charge is 2.18. The average molecular weight is 408 g/mol. The van der Waals surface area contributed by atoms with Crippen molar-refractivity contribution in [3.8, 4) is 5.69 Å². The van der Waals surface area contributed by atoms with E-state index in [1.165, 1.54) is 0 Å². The van der Waals surface area contributed by atoms with E-state index in [0.29, 0.717) is 11.5 Å². The maximum Gasteiger partial charge on any atom is 0.279 e. The number of nitrogens with one attached hydrogen (secondary N) is 1. The lowest BCUT2D eigenvalue weighted by atomic mass is 10.2. The number of pyridine rings is 1. The second-order valence-electron chi connectivity index (χ2n) is 5.73. The topological polar surface area (TPSA) is 72.7 Å². The van der Waals surface area contributed by atoms with Gasteiger partial charge in [-0.3, -0.25) is 4.79 Å². The monoisotopic (exact) mass is 407 g/mol. The number of hydrogen-bond acceptors (Lipinski definition) is 4. The summed E-state index contributed by atoms with van der Waals surface area (Å²) in [6, 6.07) is 19.1. The first-order valence-electron chi connectivity index (χ1n) is 7.98. The molecular formula is C19H14BrN5O. The van der Waals surface area contributed by atoms with Crippen molar-refractivity contribution in [2.45, 2.75) is 6.92 Å². The van der Waals surface area contributed by atoms with Gasteiger partial charge < -0.3 is 5.32 Å². The van der Waals surface area contributed by atoms with Gasteiger partial charge in [0, 0.05) is 9.86 Å². The fourth-order valence-corrected chi connectivity index (χ4v) is 3.16. The van der Waals surface area contributed by atoms with Crippen LogP contribution >= 0.6 is 15.9 Å². The molecule has 2 heterocycles. The van der Waals surface area contributed by atoms with E-state index in [4.69, 9.17) is 0 Å². The lowest BCUT2D eigenvalue weighted by molar-refractivity contribution is 0.102. The fourth-order valence-electron chi connectivity index (χ4n) is 2.70. The molecule has 0 unspecified atom stereocenters. The van der Waals surface area contributed by atoms with Crippen LogP contribution in [-0.4, -0.2) is 25.9 Å². The van der Waals surface area contributed by atoms with Crippen molar-refractivity contribution in [1.82, 2.24) is 20.0 Å². The van der Waals surface area contributed by atoms with Crippen molar-refractivity contribution >= 4 is 38.6 Å². The second-order valence-corrected chi connectivity index (χ2v) is 6.58. The van der Waals surface area contributed by atoms with Gasteiger partial charge in [-0.05, 0) is 53.2 Å². The Morgan fingerprint density at radius 3 is 2.65 bits per heavy atom. The standard InChI is InChI=1S/C19H14BrN5O/c1-12-18(23-24-25(12)16-9-5-3-7-14(16)20)19(26)22-17-11-10-13-6-2-4-8-15(13)21-17/h2-11H,1H3,(H,21,22,26). The van der Waals surface area contributed by atoms with Gasteiger partial charge in [0.2, 0.25) is 0 Å². The molecular weight excluding hydrogens is 394 g/mol. The molecule has 0 atom stereocenters. The van der Waals surface area contributed by atoms with Crippen LogP contribution in [0.4, 0.5) is 5.82 Å². The molecule has 26 heavy (non-hydrogen) atoms. The molecule has 0 aliphatic carbocycles. The predicted molar refractivity (Wildman–Crippen MR) is 103 cm³/mol. The SMILES string of the molecule is Cc1c(C(=O)Nc2ccc3ccccc3n2)nnn1-c1ccccc1Br. The Morgan fingerprint density at radius 2 is 1.81 bits per heavy atom. The second kappa shape index (κ2) is 6.68. The van der Waals surface area contributed by atoms with Crippen molar-refractivity contribution in [3.63, 3.8) is 0 Å². The predicted octanol–water partition coefficient (Wildman–Crippen LogP) is 4.14. The van der Waals surface area contributed by atoms with Gasteiger partial charge in [0.05, 0.1) is 16.9 Å². The van der Waals surface area contributed by atoms with Crippen molar-refractivity contribution in [3.05, 3.63) is 76.5 Å². The van der Waals surface area contributed by atoms with Crippen LogP contribution in [0.15, 0.2) is 65.1 Å². The van der Waals surface area contributed by atoms with Gasteiger partial charge in [-0.25, -0.2) is 9.67 Å². The van der Waals surface area contributed by atoms with E-state index in [0.717, 1.165) is 21.1 Å². The Morgan fingerprint density at radius 1 is 1.04 bits per heavy atom. The van der Waals surface area contributed by atoms with Crippen LogP contribution in [-0.2, 0) is 0 Å². The summed E-state index contributed by atoms with van der Waals surface area (Å²) in [5.41, 5.74) is 2.55. The smallest absolute Gasteiger partial charge is 0.279 e. The summed E-state index contributed by atoms with van der Waals surface area (Å²) in [5, 5.41) is 12.0. The molecule has 4 aromatic rings. The number of rotatable bonds is 3. The molecule has 0 aliphatic heterocycles. The quantitative estimate of drug-likeness (QED) is 0.553. The number of nitrogens with zero attached hydrogens (tertiary/aromatic N) is 4. The Kier molecular flexibility index (Phi) is 4.22. The molecule has 0 bridgehead atoms. The summed E-state index contributed by atoms with van der Waals surface area (Å²) < 4.78 is 2.50. The Hall–Kier alpha value is -3.06. The third-order valence-electron chi connectivity index (χ3n) is 4.03. The summed E-state index contributed by atoms with van der Waals surface area (Å²) in [7, 11) is 0. The molecule has 0 radical (unpaired) electrons. The molecule has 0 fully saturated rings. The lowest BCUT2D eigenvalue weighted by Gasteiger charge is -2.06. The summed E-state index contributed by atoms with van der Waals surface area (Å²) >= 11 is 3.49. The molecule has 7 heteroatoms. The van der Waals surface area contributed by atoms with E-state index >= 15 is 0 Å². The molecule has 2 aromatic carbocycles. The first kappa shape index (κ1) is 16.4. The molecule has 1 N–H and O–H groups in total. The Balaban J connectivity index is 1.63. The van der Waals surface area contributed by atoms with Gasteiger partial charge in [0.1, 0.15) is 5.82 Å². The van der Waals surface area contributed by atoms with Crippen molar-refractivity contribution in [2.24, 2.45) is 0 Å². The zero-order chi connectivity index (χ0) is 18.1. The van der Waals surface area contributed by atoms with Crippen LogP contribution in [0.1, 0.15) is 16.2 Å². The van der Waals surface area contributed by atoms with Gasteiger partial charge in [-0.2, -0.15) is 0 Å². The number of halogens is 1. The van der Waals surface area contributed by atoms with E-state index in [9.17, 15) is 4.79 Å². The van der Waals surface area contributed by atoms with Crippen LogP contribution in [0.25, 0.3) is 16.6 Å². The number of fused-ring (bicyclic) bond motifs is 1. The molecule has 0 spiro atoms. The number of amides is 1. The lowest BCUT2D eigenvalue weighted by Crippen LogP contribution is -2.15. The van der Waals surface area contributed by atoms with Crippen LogP contribution in [0.3, 0.4) is 0 Å². The van der Waals surface area contributed by atoms with Crippen molar-refractivity contribution in [2.75, 3.05) is 5.32 Å². The number of carbonyl (C=O) groups is 1. The highest BCUT2D eigenvalue weighted by atomic mass is 79.9. The maximum atomic E-state index is 12.6. The summed E-state index contributed by atoms with van der Waals surface area (Å²) in [6.07, 6.45) is 0. The average Bonchev–Trinajstić information content (AvgIpc) is 3.03. The fraction of sp³-hybridized carbons (Fsp3) is 0.0526. The Labute approximate surface area is 158 Å². The van der Waals surface area contributed by atoms with Gasteiger partial charge in [0.25, 0.3) is 5.91 Å². The van der Waals surface area contributed by atoms with E-state index < -0.39 is 0 Å². The first-order chi connectivity index (χ1) is 12.6. The van der Waals surface area contributed by atoms with Gasteiger partial charge in [0.15, 0.2) is 5.69 Å². The molecule has 128 valence electrons. The molecule has 6 nitrogen and oxygen atoms in total. The molecule has 0 saturated heterocycles. The molecule has 0 saturated carbocycles. The molecule has 1 amide bonds. The number of aromatic nitrogens is 4. The summed E-state index contributed by atoms with van der Waals surface area (Å²) in [6.45, 7) is 1.81. The largest absolute Gasteiger partial charge is 0.305 e. The zero-order valence-electron chi connectivity index (χ0n) is 13.8. The molecule has 2 aromatic heterocycles. The van der Waals surface area contributed by atoms with Crippen LogP contribution in [0.5, 0.6) is 0 Å². The number of hydrogen-bond donors (Lipinski definition) is 1. The minimum atomic E-state index is -0.344. The maximum absolute atomic E-state index is 12.6. The summed E-state index contributed by atoms with van der Waals surface area (Å²) in [5.74, 6) is 0.132. The number of benzene rings is 2. The van der Waals surface area contributed by atoms with Crippen LogP contribution < -0.4 is 5.32 Å². The van der Waals surface area contributed by atoms with E-state index in [2.05, 4.69) is 36.5 Å². The highest BCUT2D eigenvalue weighted by Crippen LogP contribution is 2.22. The Bertz CT molecular complexity index is 1120. The molecule has 4 rings (SSSR count). The van der Waals surface area contributed by atoms with Crippen LogP contribution in [0.2, 0.25) is 0 Å². The van der Waals surface area contributed by atoms with Crippen molar-refractivity contribution in [1.29, 1.82) is 0 Å². The van der Waals surface area contributed by atoms with Gasteiger partial charge in [-0.15, -0.1) is 5.10 Å². The normalized spacial score (nSPS) is 10.8. The molecule has 0 aliphatic rings. The third-order valence-corrected chi connectivity index (χ3v) is 4.70. The first-order valence-corrected chi connectivity index (χ1v) is 8.77. The van der Waals surface area contributed by atoms with Crippen LogP contribution in [0, 0.1) is 6.92 Å². The third kappa shape index (κ3) is 2.97. The summed E-state index contributed by atoms with van der Waals surface area (Å²) in [4.78, 5) is 17.1. The van der Waals surface area contributed by atoms with Crippen molar-refractivity contribution < 1.29 is 4.79 Å². The zero-order valence-corrected chi connectivity index (χ0v) is 15.4. The van der Waals surface area contributed by atoms with Gasteiger partial charge in [-0.1, -0.05) is 35.5 Å². The number of carbonyl (C=O) groups excluding carboxylic acids is 1.